The minimum Gasteiger partial charge on any atom is -0.480 e. The second-order valence-electron chi connectivity index (χ2n) is 4.16. The first kappa shape index (κ1) is 13.8. The smallest absolute Gasteiger partial charge is 0.326 e. The number of nitrogens with one attached hydrogen (secondary N) is 2. The van der Waals surface area contributed by atoms with Crippen LogP contribution in [0.3, 0.4) is 0 Å². The van der Waals surface area contributed by atoms with E-state index in [2.05, 4.69) is 10.6 Å². The molecule has 17 heavy (non-hydrogen) atoms. The van der Waals surface area contributed by atoms with E-state index in [0.29, 0.717) is 13.0 Å². The number of rotatable bonds is 6. The molecule has 0 saturated heterocycles. The monoisotopic (exact) mass is 244 g/mol. The number of carboxylic acid groups (broad SMARTS) is 1. The lowest BCUT2D eigenvalue weighted by molar-refractivity contribution is -0.139. The molecule has 98 valence electrons. The molecular weight excluding hydrogens is 224 g/mol. The van der Waals surface area contributed by atoms with Crippen LogP contribution in [0.15, 0.2) is 0 Å². The van der Waals surface area contributed by atoms with E-state index in [0.717, 1.165) is 12.8 Å². The number of ether oxygens (including phenoxy) is 1. The topological polar surface area (TPSA) is 87.7 Å². The summed E-state index contributed by atoms with van der Waals surface area (Å²) < 4.78 is 5.36. The molecule has 0 heterocycles. The highest BCUT2D eigenvalue weighted by Gasteiger charge is 2.31. The van der Waals surface area contributed by atoms with Crippen molar-refractivity contribution < 1.29 is 19.4 Å². The van der Waals surface area contributed by atoms with Gasteiger partial charge in [-0.25, -0.2) is 9.59 Å². The van der Waals surface area contributed by atoms with E-state index >= 15 is 0 Å². The number of carbonyl (C=O) groups is 2. The van der Waals surface area contributed by atoms with Gasteiger partial charge >= 0.3 is 12.0 Å². The Labute approximate surface area is 101 Å². The molecule has 0 aliphatic heterocycles. The number of hydrogen-bond donors (Lipinski definition) is 3. The van der Waals surface area contributed by atoms with E-state index in [1.807, 2.05) is 6.92 Å². The average Bonchev–Trinajstić information content (AvgIpc) is 2.22. The fourth-order valence-corrected chi connectivity index (χ4v) is 1.78. The molecule has 1 aliphatic carbocycles. The molecule has 0 bridgehead atoms. The van der Waals surface area contributed by atoms with Crippen molar-refractivity contribution in [2.45, 2.75) is 51.3 Å². The van der Waals surface area contributed by atoms with Gasteiger partial charge in [-0.15, -0.1) is 0 Å². The van der Waals surface area contributed by atoms with Crippen LogP contribution in [0.4, 0.5) is 4.79 Å². The summed E-state index contributed by atoms with van der Waals surface area (Å²) in [5.41, 5.74) is 0. The largest absolute Gasteiger partial charge is 0.480 e. The van der Waals surface area contributed by atoms with Gasteiger partial charge in [-0.3, -0.25) is 0 Å². The van der Waals surface area contributed by atoms with E-state index < -0.39 is 18.0 Å². The number of urea groups is 1. The van der Waals surface area contributed by atoms with Gasteiger partial charge in [0, 0.05) is 12.6 Å². The molecule has 0 radical (unpaired) electrons. The fourth-order valence-electron chi connectivity index (χ4n) is 1.78. The molecular formula is C11H20N2O4. The van der Waals surface area contributed by atoms with Gasteiger partial charge in [0.2, 0.25) is 0 Å². The average molecular weight is 244 g/mol. The van der Waals surface area contributed by atoms with Gasteiger partial charge < -0.3 is 20.5 Å². The maximum Gasteiger partial charge on any atom is 0.326 e. The summed E-state index contributed by atoms with van der Waals surface area (Å²) >= 11 is 0. The summed E-state index contributed by atoms with van der Waals surface area (Å²) in [5, 5.41) is 13.9. The minimum atomic E-state index is -1.01. The zero-order valence-corrected chi connectivity index (χ0v) is 10.2. The Hall–Kier alpha value is -1.30. The van der Waals surface area contributed by atoms with Crippen molar-refractivity contribution in [2.75, 3.05) is 6.61 Å². The Bertz CT molecular complexity index is 277. The molecule has 3 N–H and O–H groups in total. The highest BCUT2D eigenvalue weighted by molar-refractivity contribution is 5.82. The molecule has 0 unspecified atom stereocenters. The second kappa shape index (κ2) is 6.44. The molecule has 1 atom stereocenters. The van der Waals surface area contributed by atoms with Crippen molar-refractivity contribution >= 4 is 12.0 Å². The first-order chi connectivity index (χ1) is 8.06. The molecule has 1 saturated carbocycles. The van der Waals surface area contributed by atoms with Gasteiger partial charge in [-0.1, -0.05) is 6.92 Å². The summed E-state index contributed by atoms with van der Waals surface area (Å²) in [6, 6.07) is -1.14. The predicted octanol–water partition coefficient (Wildman–Crippen LogP) is 0.716. The van der Waals surface area contributed by atoms with Crippen LogP contribution >= 0.6 is 0 Å². The van der Waals surface area contributed by atoms with E-state index in [9.17, 15) is 9.59 Å². The zero-order chi connectivity index (χ0) is 12.8. The molecule has 0 spiro atoms. The normalized spacial score (nSPS) is 24.6. The van der Waals surface area contributed by atoms with Gasteiger partial charge in [0.15, 0.2) is 0 Å². The first-order valence-electron chi connectivity index (χ1n) is 5.98. The van der Waals surface area contributed by atoms with Crippen molar-refractivity contribution in [1.82, 2.24) is 10.6 Å². The van der Waals surface area contributed by atoms with Crippen molar-refractivity contribution in [3.05, 3.63) is 0 Å². The Morgan fingerprint density at radius 2 is 2.06 bits per heavy atom. The first-order valence-corrected chi connectivity index (χ1v) is 5.98. The van der Waals surface area contributed by atoms with Crippen molar-refractivity contribution in [3.8, 4) is 0 Å². The number of carbonyl (C=O) groups excluding carboxylic acids is 1. The summed E-state index contributed by atoms with van der Waals surface area (Å²) in [5.74, 6) is -1.01. The molecule has 6 heteroatoms. The molecule has 1 aliphatic rings. The Balaban J connectivity index is 2.20. The van der Waals surface area contributed by atoms with Gasteiger partial charge in [-0.2, -0.15) is 0 Å². The van der Waals surface area contributed by atoms with Gasteiger partial charge in [0.25, 0.3) is 0 Å². The van der Waals surface area contributed by atoms with Crippen LogP contribution in [-0.4, -0.2) is 41.9 Å². The quantitative estimate of drug-likeness (QED) is 0.642. The summed E-state index contributed by atoms with van der Waals surface area (Å²) in [7, 11) is 0. The molecule has 6 nitrogen and oxygen atoms in total. The predicted molar refractivity (Wildman–Crippen MR) is 61.8 cm³/mol. The molecule has 0 aromatic rings. The Morgan fingerprint density at radius 3 is 2.53 bits per heavy atom. The maximum absolute atomic E-state index is 11.5. The summed E-state index contributed by atoms with van der Waals surface area (Å²) in [4.78, 5) is 22.2. The van der Waals surface area contributed by atoms with E-state index in [1.165, 1.54) is 0 Å². The minimum absolute atomic E-state index is 0.0952. The molecule has 0 aromatic carbocycles. The van der Waals surface area contributed by atoms with Crippen LogP contribution in [0.1, 0.15) is 33.1 Å². The van der Waals surface area contributed by atoms with Gasteiger partial charge in [0.1, 0.15) is 6.04 Å². The van der Waals surface area contributed by atoms with E-state index in [-0.39, 0.29) is 12.1 Å². The van der Waals surface area contributed by atoms with Crippen LogP contribution in [0, 0.1) is 0 Å². The third kappa shape index (κ3) is 4.22. The molecule has 1 fully saturated rings. The summed E-state index contributed by atoms with van der Waals surface area (Å²) in [6.07, 6.45) is 2.19. The third-order valence-corrected chi connectivity index (χ3v) is 2.84. The lowest BCUT2D eigenvalue weighted by Crippen LogP contribution is -2.53. The Morgan fingerprint density at radius 1 is 1.41 bits per heavy atom. The maximum atomic E-state index is 11.5. The number of carboxylic acids is 1. The van der Waals surface area contributed by atoms with E-state index in [4.69, 9.17) is 9.84 Å². The SMILES string of the molecule is CCOC1CC(NC(=O)N[C@@H](CC)C(=O)O)C1. The molecule has 1 rings (SSSR count). The number of hydrogen-bond acceptors (Lipinski definition) is 3. The van der Waals surface area contributed by atoms with Crippen molar-refractivity contribution in [2.24, 2.45) is 0 Å². The molecule has 0 aromatic heterocycles. The Kier molecular flexibility index (Phi) is 5.21. The standard InChI is InChI=1S/C11H20N2O4/c1-3-9(10(14)15)13-11(16)12-7-5-8(6-7)17-4-2/h7-9H,3-6H2,1-2H3,(H,14,15)(H2,12,13,16)/t7?,8?,9-/m0/s1. The zero-order valence-electron chi connectivity index (χ0n) is 10.2. The lowest BCUT2D eigenvalue weighted by atomic mass is 9.89. The van der Waals surface area contributed by atoms with Crippen LogP contribution in [-0.2, 0) is 9.53 Å². The number of aliphatic carboxylic acids is 1. The second-order valence-corrected chi connectivity index (χ2v) is 4.16. The van der Waals surface area contributed by atoms with Crippen LogP contribution in [0.2, 0.25) is 0 Å². The van der Waals surface area contributed by atoms with Crippen molar-refractivity contribution in [3.63, 3.8) is 0 Å². The summed E-state index contributed by atoms with van der Waals surface area (Å²) in [6.45, 7) is 4.33. The third-order valence-electron chi connectivity index (χ3n) is 2.84. The van der Waals surface area contributed by atoms with E-state index in [1.54, 1.807) is 6.92 Å². The van der Waals surface area contributed by atoms with Gasteiger partial charge in [0.05, 0.1) is 6.10 Å². The molecule has 2 amide bonds. The van der Waals surface area contributed by atoms with Crippen LogP contribution in [0.5, 0.6) is 0 Å². The highest BCUT2D eigenvalue weighted by Crippen LogP contribution is 2.22. The fraction of sp³-hybridized carbons (Fsp3) is 0.818. The van der Waals surface area contributed by atoms with Crippen molar-refractivity contribution in [1.29, 1.82) is 0 Å². The van der Waals surface area contributed by atoms with Gasteiger partial charge in [-0.05, 0) is 26.2 Å². The van der Waals surface area contributed by atoms with Crippen LogP contribution < -0.4 is 10.6 Å². The highest BCUT2D eigenvalue weighted by atomic mass is 16.5. The lowest BCUT2D eigenvalue weighted by Gasteiger charge is -2.35. The van der Waals surface area contributed by atoms with Crippen LogP contribution in [0.25, 0.3) is 0 Å². The number of amides is 2.